The molecule has 0 saturated carbocycles. The van der Waals surface area contributed by atoms with Gasteiger partial charge in [0.15, 0.2) is 0 Å². The van der Waals surface area contributed by atoms with E-state index in [1.165, 1.54) is 5.69 Å². The van der Waals surface area contributed by atoms with Crippen LogP contribution in [-0.2, 0) is 9.53 Å². The third-order valence-corrected chi connectivity index (χ3v) is 2.55. The second kappa shape index (κ2) is 7.71. The number of hydrogen-bond acceptors (Lipinski definition) is 3. The predicted molar refractivity (Wildman–Crippen MR) is 70.2 cm³/mol. The lowest BCUT2D eigenvalue weighted by molar-refractivity contribution is -0.143. The standard InChI is InChI=1S/C14H21NO2/c1-3-8-14(16)17-12-7-11-15(2)13-9-5-4-6-10-13/h4-6,9-10H,3,7-8,11-12H2,1-2H3. The predicted octanol–water partition coefficient (Wildman–Crippen LogP) is 2.86. The quantitative estimate of drug-likeness (QED) is 0.537. The zero-order valence-corrected chi connectivity index (χ0v) is 10.7. The Hall–Kier alpha value is -1.51. The highest BCUT2D eigenvalue weighted by molar-refractivity contribution is 5.69. The number of anilines is 1. The number of carbonyl (C=O) groups is 1. The minimum absolute atomic E-state index is 0.0881. The number of esters is 1. The minimum atomic E-state index is -0.0881. The fourth-order valence-corrected chi connectivity index (χ4v) is 1.58. The van der Waals surface area contributed by atoms with Crippen molar-refractivity contribution in [3.8, 4) is 0 Å². The van der Waals surface area contributed by atoms with E-state index in [0.717, 1.165) is 19.4 Å². The van der Waals surface area contributed by atoms with E-state index in [1.807, 2.05) is 32.2 Å². The Morgan fingerprint density at radius 2 is 2.00 bits per heavy atom. The molecule has 0 radical (unpaired) electrons. The van der Waals surface area contributed by atoms with Gasteiger partial charge in [-0.1, -0.05) is 25.1 Å². The van der Waals surface area contributed by atoms with Gasteiger partial charge in [-0.05, 0) is 25.0 Å². The van der Waals surface area contributed by atoms with E-state index >= 15 is 0 Å². The third kappa shape index (κ3) is 5.38. The highest BCUT2D eigenvalue weighted by Gasteiger charge is 2.02. The second-order valence-electron chi connectivity index (χ2n) is 4.08. The molecule has 0 aromatic heterocycles. The normalized spacial score (nSPS) is 10.0. The number of ether oxygens (including phenoxy) is 1. The molecule has 0 saturated heterocycles. The van der Waals surface area contributed by atoms with Crippen LogP contribution in [0.1, 0.15) is 26.2 Å². The molecule has 0 bridgehead atoms. The van der Waals surface area contributed by atoms with Gasteiger partial charge in [-0.15, -0.1) is 0 Å². The van der Waals surface area contributed by atoms with Crippen molar-refractivity contribution in [1.82, 2.24) is 0 Å². The average molecular weight is 235 g/mol. The zero-order chi connectivity index (χ0) is 12.5. The van der Waals surface area contributed by atoms with Crippen LogP contribution in [0.5, 0.6) is 0 Å². The van der Waals surface area contributed by atoms with Crippen LogP contribution in [0.15, 0.2) is 30.3 Å². The first kappa shape index (κ1) is 13.6. The number of hydrogen-bond donors (Lipinski definition) is 0. The molecule has 3 nitrogen and oxygen atoms in total. The summed E-state index contributed by atoms with van der Waals surface area (Å²) in [4.78, 5) is 13.3. The fourth-order valence-electron chi connectivity index (χ4n) is 1.58. The smallest absolute Gasteiger partial charge is 0.305 e. The van der Waals surface area contributed by atoms with E-state index in [0.29, 0.717) is 13.0 Å². The highest BCUT2D eigenvalue weighted by atomic mass is 16.5. The maximum atomic E-state index is 11.1. The summed E-state index contributed by atoms with van der Waals surface area (Å²) in [5.74, 6) is -0.0881. The van der Waals surface area contributed by atoms with Crippen LogP contribution in [0.3, 0.4) is 0 Å². The van der Waals surface area contributed by atoms with Crippen molar-refractivity contribution in [1.29, 1.82) is 0 Å². The van der Waals surface area contributed by atoms with Crippen LogP contribution < -0.4 is 4.90 Å². The van der Waals surface area contributed by atoms with Crippen LogP contribution in [0.4, 0.5) is 5.69 Å². The summed E-state index contributed by atoms with van der Waals surface area (Å²) in [6.45, 7) is 3.38. The van der Waals surface area contributed by atoms with Crippen LogP contribution in [0.2, 0.25) is 0 Å². The molecule has 1 aromatic carbocycles. The van der Waals surface area contributed by atoms with Crippen molar-refractivity contribution in [2.75, 3.05) is 25.1 Å². The Morgan fingerprint density at radius 1 is 1.29 bits per heavy atom. The molecule has 0 amide bonds. The number of carbonyl (C=O) groups excluding carboxylic acids is 1. The van der Waals surface area contributed by atoms with Crippen molar-refractivity contribution in [3.05, 3.63) is 30.3 Å². The lowest BCUT2D eigenvalue weighted by Gasteiger charge is -2.18. The number of nitrogens with zero attached hydrogens (tertiary/aromatic N) is 1. The second-order valence-corrected chi connectivity index (χ2v) is 4.08. The van der Waals surface area contributed by atoms with Gasteiger partial charge in [-0.25, -0.2) is 0 Å². The molecule has 0 aliphatic heterocycles. The SMILES string of the molecule is CCCC(=O)OCCCN(C)c1ccccc1. The summed E-state index contributed by atoms with van der Waals surface area (Å²) >= 11 is 0. The summed E-state index contributed by atoms with van der Waals surface area (Å²) in [5, 5.41) is 0. The molecular weight excluding hydrogens is 214 g/mol. The first-order valence-corrected chi connectivity index (χ1v) is 6.16. The van der Waals surface area contributed by atoms with Gasteiger partial charge in [0, 0.05) is 25.7 Å². The fraction of sp³-hybridized carbons (Fsp3) is 0.500. The van der Waals surface area contributed by atoms with E-state index < -0.39 is 0 Å². The molecular formula is C14H21NO2. The number of benzene rings is 1. The Balaban J connectivity index is 2.17. The van der Waals surface area contributed by atoms with Gasteiger partial charge in [0.05, 0.1) is 6.61 Å². The van der Waals surface area contributed by atoms with Gasteiger partial charge in [-0.3, -0.25) is 4.79 Å². The maximum absolute atomic E-state index is 11.1. The third-order valence-electron chi connectivity index (χ3n) is 2.55. The van der Waals surface area contributed by atoms with Gasteiger partial charge < -0.3 is 9.64 Å². The van der Waals surface area contributed by atoms with Gasteiger partial charge >= 0.3 is 5.97 Å². The zero-order valence-electron chi connectivity index (χ0n) is 10.7. The lowest BCUT2D eigenvalue weighted by atomic mass is 10.3. The minimum Gasteiger partial charge on any atom is -0.466 e. The van der Waals surface area contributed by atoms with E-state index in [4.69, 9.17) is 4.74 Å². The molecule has 0 spiro atoms. The molecule has 0 heterocycles. The Kier molecular flexibility index (Phi) is 6.15. The Labute approximate surface area is 103 Å². The van der Waals surface area contributed by atoms with Gasteiger partial charge in [0.2, 0.25) is 0 Å². The van der Waals surface area contributed by atoms with E-state index in [2.05, 4.69) is 17.0 Å². The van der Waals surface area contributed by atoms with Crippen molar-refractivity contribution in [2.45, 2.75) is 26.2 Å². The molecule has 94 valence electrons. The van der Waals surface area contributed by atoms with Crippen LogP contribution in [0.25, 0.3) is 0 Å². The summed E-state index contributed by atoms with van der Waals surface area (Å²) in [6.07, 6.45) is 2.23. The van der Waals surface area contributed by atoms with E-state index in [1.54, 1.807) is 0 Å². The lowest BCUT2D eigenvalue weighted by Crippen LogP contribution is -2.20. The molecule has 0 N–H and O–H groups in total. The molecule has 1 aromatic rings. The van der Waals surface area contributed by atoms with Gasteiger partial charge in [0.25, 0.3) is 0 Å². The first-order chi connectivity index (χ1) is 8.24. The average Bonchev–Trinajstić information content (AvgIpc) is 2.36. The number of para-hydroxylation sites is 1. The van der Waals surface area contributed by atoms with Crippen molar-refractivity contribution in [3.63, 3.8) is 0 Å². The van der Waals surface area contributed by atoms with E-state index in [-0.39, 0.29) is 5.97 Å². The van der Waals surface area contributed by atoms with Gasteiger partial charge in [0.1, 0.15) is 0 Å². The molecule has 0 aliphatic carbocycles. The molecule has 0 fully saturated rings. The van der Waals surface area contributed by atoms with Crippen molar-refractivity contribution in [2.24, 2.45) is 0 Å². The molecule has 1 rings (SSSR count). The molecule has 0 unspecified atom stereocenters. The van der Waals surface area contributed by atoms with E-state index in [9.17, 15) is 4.79 Å². The Bertz CT molecular complexity index is 324. The summed E-state index contributed by atoms with van der Waals surface area (Å²) < 4.78 is 5.10. The van der Waals surface area contributed by atoms with Crippen molar-refractivity contribution >= 4 is 11.7 Å². The van der Waals surface area contributed by atoms with Crippen LogP contribution in [0, 0.1) is 0 Å². The number of rotatable bonds is 7. The monoisotopic (exact) mass is 235 g/mol. The summed E-state index contributed by atoms with van der Waals surface area (Å²) in [5.41, 5.74) is 1.19. The summed E-state index contributed by atoms with van der Waals surface area (Å²) in [6, 6.07) is 10.2. The largest absolute Gasteiger partial charge is 0.466 e. The Morgan fingerprint density at radius 3 is 2.65 bits per heavy atom. The first-order valence-electron chi connectivity index (χ1n) is 6.16. The summed E-state index contributed by atoms with van der Waals surface area (Å²) in [7, 11) is 2.04. The highest BCUT2D eigenvalue weighted by Crippen LogP contribution is 2.10. The molecule has 0 atom stereocenters. The molecule has 0 aliphatic rings. The molecule has 17 heavy (non-hydrogen) atoms. The van der Waals surface area contributed by atoms with Crippen molar-refractivity contribution < 1.29 is 9.53 Å². The molecule has 3 heteroatoms. The maximum Gasteiger partial charge on any atom is 0.305 e. The van der Waals surface area contributed by atoms with Gasteiger partial charge in [-0.2, -0.15) is 0 Å². The van der Waals surface area contributed by atoms with Crippen LogP contribution in [-0.4, -0.2) is 26.2 Å². The topological polar surface area (TPSA) is 29.5 Å². The van der Waals surface area contributed by atoms with Crippen LogP contribution >= 0.6 is 0 Å².